The van der Waals surface area contributed by atoms with Crippen LogP contribution in [0.4, 0.5) is 28.9 Å². The molecule has 3 aromatic rings. The van der Waals surface area contributed by atoms with E-state index in [1.807, 2.05) is 0 Å². The van der Waals surface area contributed by atoms with Crippen LogP contribution in [0.2, 0.25) is 0 Å². The van der Waals surface area contributed by atoms with Crippen molar-refractivity contribution in [2.24, 2.45) is 0 Å². The average molecular weight is 511 g/mol. The Balaban J connectivity index is 1.45. The topological polar surface area (TPSA) is 95.2 Å². The summed E-state index contributed by atoms with van der Waals surface area (Å²) < 4.78 is 76.4. The number of anilines is 2. The molecule has 0 atom stereocenters. The largest absolute Gasteiger partial charge is 0.419 e. The number of benzene rings is 2. The summed E-state index contributed by atoms with van der Waals surface area (Å²) in [5, 5.41) is 2.68. The van der Waals surface area contributed by atoms with E-state index in [0.717, 1.165) is 23.3 Å². The number of fused-ring (bicyclic) bond motifs is 1. The average Bonchev–Trinajstić information content (AvgIpc) is 3.29. The van der Waals surface area contributed by atoms with Crippen molar-refractivity contribution in [3.8, 4) is 0 Å². The van der Waals surface area contributed by atoms with Crippen LogP contribution in [-0.4, -0.2) is 41.5 Å². The highest BCUT2D eigenvalue weighted by molar-refractivity contribution is 7.91. The maximum atomic E-state index is 13.8. The SMILES string of the molecule is CCCS(=O)(=O)c1nc(C(=O)N2CCc3cc(Nc4ccc(C(F)(F)F)c(F)c4)ccc3C2)c[nH]1. The van der Waals surface area contributed by atoms with Crippen molar-refractivity contribution in [3.63, 3.8) is 0 Å². The van der Waals surface area contributed by atoms with E-state index in [2.05, 4.69) is 15.3 Å². The molecule has 7 nitrogen and oxygen atoms in total. The van der Waals surface area contributed by atoms with Gasteiger partial charge in [0.2, 0.25) is 15.0 Å². The van der Waals surface area contributed by atoms with Gasteiger partial charge < -0.3 is 15.2 Å². The highest BCUT2D eigenvalue weighted by Gasteiger charge is 2.34. The molecule has 1 aliphatic heterocycles. The van der Waals surface area contributed by atoms with Gasteiger partial charge in [-0.2, -0.15) is 13.2 Å². The van der Waals surface area contributed by atoms with Crippen molar-refractivity contribution in [1.82, 2.24) is 14.9 Å². The van der Waals surface area contributed by atoms with E-state index < -0.39 is 33.3 Å². The Morgan fingerprint density at radius 2 is 1.86 bits per heavy atom. The molecule has 0 radical (unpaired) electrons. The zero-order chi connectivity index (χ0) is 25.4. The molecule has 2 aromatic carbocycles. The van der Waals surface area contributed by atoms with Gasteiger partial charge in [0.15, 0.2) is 0 Å². The lowest BCUT2D eigenvalue weighted by Crippen LogP contribution is -2.36. The normalized spacial score (nSPS) is 14.0. The van der Waals surface area contributed by atoms with E-state index in [1.165, 1.54) is 6.20 Å². The summed E-state index contributed by atoms with van der Waals surface area (Å²) >= 11 is 0. The summed E-state index contributed by atoms with van der Waals surface area (Å²) in [5.74, 6) is -1.83. The van der Waals surface area contributed by atoms with Crippen molar-refractivity contribution >= 4 is 27.1 Å². The number of halogens is 4. The molecule has 1 amide bonds. The summed E-state index contributed by atoms with van der Waals surface area (Å²) in [7, 11) is -3.57. The van der Waals surface area contributed by atoms with Gasteiger partial charge in [-0.05, 0) is 54.3 Å². The molecule has 0 saturated carbocycles. The van der Waals surface area contributed by atoms with Gasteiger partial charge in [-0.3, -0.25) is 4.79 Å². The molecule has 12 heteroatoms. The quantitative estimate of drug-likeness (QED) is 0.469. The second kappa shape index (κ2) is 9.33. The Hall–Kier alpha value is -3.41. The minimum absolute atomic E-state index is 0.0192. The number of sulfone groups is 1. The maximum absolute atomic E-state index is 13.8. The first-order chi connectivity index (χ1) is 16.5. The van der Waals surface area contributed by atoms with Crippen LogP contribution in [0, 0.1) is 5.82 Å². The molecule has 1 aromatic heterocycles. The Bertz CT molecular complexity index is 1370. The van der Waals surface area contributed by atoms with Gasteiger partial charge in [0, 0.05) is 30.7 Å². The van der Waals surface area contributed by atoms with Crippen molar-refractivity contribution in [3.05, 3.63) is 70.8 Å². The molecule has 0 spiro atoms. The van der Waals surface area contributed by atoms with E-state index in [-0.39, 0.29) is 28.8 Å². The Kier molecular flexibility index (Phi) is 6.58. The molecule has 2 heterocycles. The number of aromatic amines is 1. The van der Waals surface area contributed by atoms with Crippen molar-refractivity contribution in [2.45, 2.75) is 37.6 Å². The van der Waals surface area contributed by atoms with E-state index in [1.54, 1.807) is 30.0 Å². The molecule has 4 rings (SSSR count). The standard InChI is InChI=1S/C23H22F4N4O3S/c1-2-9-35(33,34)22-28-12-20(30-22)21(32)31-8-7-14-10-16(4-3-15(14)13-31)29-17-5-6-18(19(24)11-17)23(25,26)27/h3-6,10-12,29H,2,7-9,13H2,1H3,(H,28,30). The van der Waals surface area contributed by atoms with E-state index in [0.29, 0.717) is 31.1 Å². The lowest BCUT2D eigenvalue weighted by molar-refractivity contribution is -0.139. The van der Waals surface area contributed by atoms with Crippen LogP contribution < -0.4 is 5.32 Å². The first kappa shape index (κ1) is 24.7. The number of nitrogens with zero attached hydrogens (tertiary/aromatic N) is 2. The van der Waals surface area contributed by atoms with E-state index in [4.69, 9.17) is 0 Å². The number of imidazole rings is 1. The Labute approximate surface area is 199 Å². The monoisotopic (exact) mass is 510 g/mol. The van der Waals surface area contributed by atoms with Gasteiger partial charge in [0.05, 0.1) is 11.3 Å². The second-order valence-electron chi connectivity index (χ2n) is 8.19. The van der Waals surface area contributed by atoms with Gasteiger partial charge in [-0.25, -0.2) is 17.8 Å². The minimum atomic E-state index is -4.76. The van der Waals surface area contributed by atoms with Gasteiger partial charge >= 0.3 is 6.18 Å². The smallest absolute Gasteiger partial charge is 0.355 e. The molecule has 0 aliphatic carbocycles. The molecule has 1 aliphatic rings. The number of hydrogen-bond acceptors (Lipinski definition) is 5. The summed E-state index contributed by atoms with van der Waals surface area (Å²) in [6.45, 7) is 2.39. The van der Waals surface area contributed by atoms with Gasteiger partial charge in [-0.1, -0.05) is 13.0 Å². The molecule has 186 valence electrons. The van der Waals surface area contributed by atoms with Crippen LogP contribution in [0.1, 0.15) is 40.5 Å². The number of carbonyl (C=O) groups excluding carboxylic acids is 1. The first-order valence-corrected chi connectivity index (χ1v) is 12.5. The fourth-order valence-electron chi connectivity index (χ4n) is 3.89. The zero-order valence-electron chi connectivity index (χ0n) is 18.6. The van der Waals surface area contributed by atoms with Crippen LogP contribution in [0.25, 0.3) is 0 Å². The molecule has 2 N–H and O–H groups in total. The number of hydrogen-bond donors (Lipinski definition) is 2. The third-order valence-electron chi connectivity index (χ3n) is 5.61. The van der Waals surface area contributed by atoms with Crippen LogP contribution >= 0.6 is 0 Å². The van der Waals surface area contributed by atoms with Crippen LogP contribution in [0.15, 0.2) is 47.8 Å². The lowest BCUT2D eigenvalue weighted by atomic mass is 9.98. The Morgan fingerprint density at radius 3 is 2.54 bits per heavy atom. The number of rotatable bonds is 6. The van der Waals surface area contributed by atoms with Crippen molar-refractivity contribution < 1.29 is 30.8 Å². The highest BCUT2D eigenvalue weighted by atomic mass is 32.2. The lowest BCUT2D eigenvalue weighted by Gasteiger charge is -2.28. The summed E-state index contributed by atoms with van der Waals surface area (Å²) in [6.07, 6.45) is -2.54. The first-order valence-electron chi connectivity index (χ1n) is 10.8. The fraction of sp³-hybridized carbons (Fsp3) is 0.304. The molecule has 0 bridgehead atoms. The van der Waals surface area contributed by atoms with Crippen LogP contribution in [0.5, 0.6) is 0 Å². The van der Waals surface area contributed by atoms with Crippen molar-refractivity contribution in [2.75, 3.05) is 17.6 Å². The third kappa shape index (κ3) is 5.31. The number of nitrogens with one attached hydrogen (secondary N) is 2. The minimum Gasteiger partial charge on any atom is -0.355 e. The summed E-state index contributed by atoms with van der Waals surface area (Å²) in [5.41, 5.74) is 1.23. The van der Waals surface area contributed by atoms with Crippen molar-refractivity contribution in [1.29, 1.82) is 0 Å². The van der Waals surface area contributed by atoms with Crippen LogP contribution in [0.3, 0.4) is 0 Å². The molecular formula is C23H22F4N4O3S. The Morgan fingerprint density at radius 1 is 1.14 bits per heavy atom. The van der Waals surface area contributed by atoms with Gasteiger partial charge in [0.25, 0.3) is 5.91 Å². The van der Waals surface area contributed by atoms with Crippen LogP contribution in [-0.2, 0) is 29.0 Å². The maximum Gasteiger partial charge on any atom is 0.419 e. The number of carbonyl (C=O) groups is 1. The van der Waals surface area contributed by atoms with E-state index >= 15 is 0 Å². The molecule has 0 saturated heterocycles. The zero-order valence-corrected chi connectivity index (χ0v) is 19.4. The summed E-state index contributed by atoms with van der Waals surface area (Å²) in [4.78, 5) is 21.0. The van der Waals surface area contributed by atoms with Gasteiger partial charge in [0.1, 0.15) is 11.5 Å². The van der Waals surface area contributed by atoms with E-state index in [9.17, 15) is 30.8 Å². The number of alkyl halides is 3. The summed E-state index contributed by atoms with van der Waals surface area (Å²) in [6, 6.07) is 7.90. The molecule has 0 unspecified atom stereocenters. The second-order valence-corrected chi connectivity index (χ2v) is 10.2. The fourth-order valence-corrected chi connectivity index (χ4v) is 5.10. The number of aromatic nitrogens is 2. The van der Waals surface area contributed by atoms with Gasteiger partial charge in [-0.15, -0.1) is 0 Å². The third-order valence-corrected chi connectivity index (χ3v) is 7.35. The molecular weight excluding hydrogens is 488 g/mol. The highest BCUT2D eigenvalue weighted by Crippen LogP contribution is 2.33. The number of amides is 1. The predicted octanol–water partition coefficient (Wildman–Crippen LogP) is 4.69. The molecule has 0 fully saturated rings. The predicted molar refractivity (Wildman–Crippen MR) is 121 cm³/mol. The molecule has 35 heavy (non-hydrogen) atoms. The number of H-pyrrole nitrogens is 1.